The molecule has 0 atom stereocenters. The molecule has 1 amide bonds. The van der Waals surface area contributed by atoms with Crippen LogP contribution in [0.5, 0.6) is 17.2 Å². The number of nitrogens with one attached hydrogen (secondary N) is 1. The van der Waals surface area contributed by atoms with E-state index in [1.54, 1.807) is 45.6 Å². The number of para-hydroxylation sites is 1. The first-order valence-electron chi connectivity index (χ1n) is 9.04. The van der Waals surface area contributed by atoms with Crippen LogP contribution in [0.15, 0.2) is 53.1 Å². The summed E-state index contributed by atoms with van der Waals surface area (Å²) in [5.74, 6) is 1.96. The van der Waals surface area contributed by atoms with Crippen molar-refractivity contribution in [3.05, 3.63) is 59.8 Å². The van der Waals surface area contributed by atoms with E-state index in [1.165, 1.54) is 0 Å². The average Bonchev–Trinajstić information content (AvgIpc) is 3.23. The minimum atomic E-state index is -0.684. The predicted octanol–water partition coefficient (Wildman–Crippen LogP) is 4.03. The maximum atomic E-state index is 12.8. The van der Waals surface area contributed by atoms with Gasteiger partial charge >= 0.3 is 0 Å². The number of amides is 1. The van der Waals surface area contributed by atoms with E-state index < -0.39 is 5.54 Å². The van der Waals surface area contributed by atoms with E-state index in [2.05, 4.69) is 10.5 Å². The summed E-state index contributed by atoms with van der Waals surface area (Å²) in [4.78, 5) is 12.8. The number of hydrogen-bond donors (Lipinski definition) is 1. The van der Waals surface area contributed by atoms with Crippen LogP contribution in [0.2, 0.25) is 0 Å². The fourth-order valence-corrected chi connectivity index (χ4v) is 3.09. The zero-order chi connectivity index (χ0) is 21.0. The molecule has 1 N–H and O–H groups in total. The molecule has 0 bridgehead atoms. The average molecular weight is 396 g/mol. The third kappa shape index (κ3) is 4.18. The Balaban J connectivity index is 1.86. The van der Waals surface area contributed by atoms with Crippen molar-refractivity contribution < 1.29 is 23.5 Å². The van der Waals surface area contributed by atoms with Crippen molar-refractivity contribution in [2.24, 2.45) is 0 Å². The number of carbonyl (C=O) groups excluding carboxylic acids is 1. The molecule has 0 saturated heterocycles. The first-order chi connectivity index (χ1) is 13.9. The first kappa shape index (κ1) is 20.3. The Morgan fingerprint density at radius 3 is 2.38 bits per heavy atom. The number of benzene rings is 2. The molecular formula is C22H24N2O5. The lowest BCUT2D eigenvalue weighted by Crippen LogP contribution is -2.41. The summed E-state index contributed by atoms with van der Waals surface area (Å²) in [7, 11) is 4.73. The highest BCUT2D eigenvalue weighted by molar-refractivity contribution is 5.94. The Hall–Kier alpha value is -3.48. The molecule has 0 aliphatic heterocycles. The van der Waals surface area contributed by atoms with E-state index >= 15 is 0 Å². The molecule has 0 aliphatic rings. The molecule has 3 rings (SSSR count). The highest BCUT2D eigenvalue weighted by atomic mass is 16.5. The van der Waals surface area contributed by atoms with Crippen LogP contribution in [-0.4, -0.2) is 32.4 Å². The van der Waals surface area contributed by atoms with Gasteiger partial charge in [-0.15, -0.1) is 0 Å². The highest BCUT2D eigenvalue weighted by Gasteiger charge is 2.28. The normalized spacial score (nSPS) is 11.1. The van der Waals surface area contributed by atoms with Crippen molar-refractivity contribution in [3.8, 4) is 28.6 Å². The van der Waals surface area contributed by atoms with E-state index in [-0.39, 0.29) is 11.6 Å². The minimum absolute atomic E-state index is 0.160. The summed E-state index contributed by atoms with van der Waals surface area (Å²) in [6.45, 7) is 3.80. The number of nitrogens with zero attached hydrogens (tertiary/aromatic N) is 1. The van der Waals surface area contributed by atoms with Gasteiger partial charge in [0.05, 0.1) is 32.4 Å². The molecule has 0 spiro atoms. The second kappa shape index (κ2) is 8.26. The predicted molar refractivity (Wildman–Crippen MR) is 109 cm³/mol. The number of aromatic nitrogens is 1. The molecule has 0 radical (unpaired) electrons. The molecule has 2 aromatic carbocycles. The quantitative estimate of drug-likeness (QED) is 0.649. The monoisotopic (exact) mass is 396 g/mol. The van der Waals surface area contributed by atoms with E-state index in [9.17, 15) is 4.79 Å². The van der Waals surface area contributed by atoms with Gasteiger partial charge in [-0.2, -0.15) is 0 Å². The summed E-state index contributed by atoms with van der Waals surface area (Å²) < 4.78 is 21.5. The van der Waals surface area contributed by atoms with E-state index in [0.29, 0.717) is 28.6 Å². The van der Waals surface area contributed by atoms with Gasteiger partial charge in [0, 0.05) is 11.6 Å². The van der Waals surface area contributed by atoms with Gasteiger partial charge in [0.1, 0.15) is 17.2 Å². The fourth-order valence-electron chi connectivity index (χ4n) is 3.09. The summed E-state index contributed by atoms with van der Waals surface area (Å²) in [5.41, 5.74) is 0.973. The molecule has 1 heterocycles. The molecular weight excluding hydrogens is 372 g/mol. The van der Waals surface area contributed by atoms with Crippen molar-refractivity contribution in [2.45, 2.75) is 19.4 Å². The molecule has 29 heavy (non-hydrogen) atoms. The topological polar surface area (TPSA) is 82.8 Å². The number of carbonyl (C=O) groups is 1. The van der Waals surface area contributed by atoms with Gasteiger partial charge in [0.25, 0.3) is 5.91 Å². The standard InChI is InChI=1S/C22H24N2O5/c1-22(2,16-8-6-7-9-19(16)28-5)23-21(25)17-13-20(29-24-17)15-12-14(26-3)10-11-18(15)27-4/h6-13H,1-5H3,(H,23,25). The fraction of sp³-hybridized carbons (Fsp3) is 0.273. The lowest BCUT2D eigenvalue weighted by Gasteiger charge is -2.28. The number of hydrogen-bond acceptors (Lipinski definition) is 6. The van der Waals surface area contributed by atoms with E-state index in [4.69, 9.17) is 18.7 Å². The summed E-state index contributed by atoms with van der Waals surface area (Å²) in [6.07, 6.45) is 0. The Morgan fingerprint density at radius 2 is 1.69 bits per heavy atom. The molecule has 7 nitrogen and oxygen atoms in total. The van der Waals surface area contributed by atoms with Gasteiger partial charge < -0.3 is 24.1 Å². The van der Waals surface area contributed by atoms with E-state index in [0.717, 1.165) is 5.56 Å². The lowest BCUT2D eigenvalue weighted by atomic mass is 9.93. The maximum absolute atomic E-state index is 12.8. The third-order valence-corrected chi connectivity index (χ3v) is 4.62. The second-order valence-electron chi connectivity index (χ2n) is 6.92. The van der Waals surface area contributed by atoms with Crippen LogP contribution in [-0.2, 0) is 5.54 Å². The van der Waals surface area contributed by atoms with Crippen LogP contribution in [0.3, 0.4) is 0 Å². The maximum Gasteiger partial charge on any atom is 0.274 e. The van der Waals surface area contributed by atoms with Crippen LogP contribution in [0.25, 0.3) is 11.3 Å². The summed E-state index contributed by atoms with van der Waals surface area (Å²) >= 11 is 0. The Bertz CT molecular complexity index is 1010. The first-order valence-corrected chi connectivity index (χ1v) is 9.04. The van der Waals surface area contributed by atoms with Crippen molar-refractivity contribution >= 4 is 5.91 Å². The van der Waals surface area contributed by atoms with E-state index in [1.807, 2.05) is 38.1 Å². The number of rotatable bonds is 7. The Kier molecular flexibility index (Phi) is 5.77. The van der Waals surface area contributed by atoms with Crippen LogP contribution in [0.1, 0.15) is 29.9 Å². The van der Waals surface area contributed by atoms with Crippen molar-refractivity contribution in [1.82, 2.24) is 10.5 Å². The minimum Gasteiger partial charge on any atom is -0.497 e. The van der Waals surface area contributed by atoms with Crippen molar-refractivity contribution in [2.75, 3.05) is 21.3 Å². The van der Waals surface area contributed by atoms with Crippen molar-refractivity contribution in [1.29, 1.82) is 0 Å². The molecule has 0 fully saturated rings. The van der Waals surface area contributed by atoms with Gasteiger partial charge in [0.2, 0.25) is 0 Å². The largest absolute Gasteiger partial charge is 0.497 e. The molecule has 7 heteroatoms. The number of ether oxygens (including phenoxy) is 3. The van der Waals surface area contributed by atoms with Crippen LogP contribution in [0.4, 0.5) is 0 Å². The zero-order valence-corrected chi connectivity index (χ0v) is 17.1. The van der Waals surface area contributed by atoms with Crippen molar-refractivity contribution in [3.63, 3.8) is 0 Å². The van der Waals surface area contributed by atoms with Crippen LogP contribution >= 0.6 is 0 Å². The molecule has 0 saturated carbocycles. The van der Waals surface area contributed by atoms with Gasteiger partial charge in [0.15, 0.2) is 11.5 Å². The number of methoxy groups -OCH3 is 3. The zero-order valence-electron chi connectivity index (χ0n) is 17.1. The summed E-state index contributed by atoms with van der Waals surface area (Å²) in [5, 5.41) is 6.91. The summed E-state index contributed by atoms with van der Waals surface area (Å²) in [6, 6.07) is 14.4. The Morgan fingerprint density at radius 1 is 0.966 bits per heavy atom. The van der Waals surface area contributed by atoms with Gasteiger partial charge in [-0.25, -0.2) is 0 Å². The molecule has 152 valence electrons. The van der Waals surface area contributed by atoms with Gasteiger partial charge in [-0.1, -0.05) is 23.4 Å². The molecule has 0 unspecified atom stereocenters. The van der Waals surface area contributed by atoms with Gasteiger partial charge in [-0.05, 0) is 38.1 Å². The third-order valence-electron chi connectivity index (χ3n) is 4.62. The lowest BCUT2D eigenvalue weighted by molar-refractivity contribution is 0.0902. The van der Waals surface area contributed by atoms with Gasteiger partial charge in [-0.3, -0.25) is 4.79 Å². The molecule has 1 aromatic heterocycles. The van der Waals surface area contributed by atoms with Crippen LogP contribution in [0, 0.1) is 0 Å². The second-order valence-corrected chi connectivity index (χ2v) is 6.92. The highest BCUT2D eigenvalue weighted by Crippen LogP contribution is 2.34. The SMILES string of the molecule is COc1ccc(OC)c(-c2cc(C(=O)NC(C)(C)c3ccccc3OC)no2)c1. The molecule has 3 aromatic rings. The smallest absolute Gasteiger partial charge is 0.274 e. The van der Waals surface area contributed by atoms with Crippen LogP contribution < -0.4 is 19.5 Å². The molecule has 0 aliphatic carbocycles. The Labute approximate surface area is 169 Å².